The molecule has 25 heavy (non-hydrogen) atoms. The van der Waals surface area contributed by atoms with Crippen molar-refractivity contribution in [2.45, 2.75) is 25.3 Å². The molecular formula is C18H21N3O2S2. The van der Waals surface area contributed by atoms with Gasteiger partial charge in [0.1, 0.15) is 0 Å². The zero-order valence-electron chi connectivity index (χ0n) is 14.4. The molecule has 0 atom stereocenters. The Morgan fingerprint density at radius 2 is 1.84 bits per heavy atom. The van der Waals surface area contributed by atoms with Crippen LogP contribution < -0.4 is 0 Å². The number of piperazine rings is 1. The van der Waals surface area contributed by atoms with E-state index in [1.807, 2.05) is 38.1 Å². The van der Waals surface area contributed by atoms with Crippen LogP contribution in [0.1, 0.15) is 20.9 Å². The average molecular weight is 376 g/mol. The van der Waals surface area contributed by atoms with E-state index in [-0.39, 0.29) is 0 Å². The smallest absolute Gasteiger partial charge is 0.244 e. The quantitative estimate of drug-likeness (QED) is 0.824. The van der Waals surface area contributed by atoms with Crippen molar-refractivity contribution in [2.75, 3.05) is 26.2 Å². The van der Waals surface area contributed by atoms with Gasteiger partial charge in [0, 0.05) is 42.5 Å². The van der Waals surface area contributed by atoms with Crippen molar-refractivity contribution in [1.82, 2.24) is 9.21 Å². The molecule has 1 aromatic carbocycles. The predicted octanol–water partition coefficient (Wildman–Crippen LogP) is 2.74. The van der Waals surface area contributed by atoms with E-state index in [0.717, 1.165) is 15.3 Å². The number of hydrogen-bond donors (Lipinski definition) is 0. The minimum atomic E-state index is -3.42. The lowest BCUT2D eigenvalue weighted by molar-refractivity contribution is 0.181. The van der Waals surface area contributed by atoms with E-state index in [4.69, 9.17) is 0 Å². The Kier molecular flexibility index (Phi) is 5.25. The molecule has 0 aliphatic carbocycles. The molecule has 0 amide bonds. The van der Waals surface area contributed by atoms with Crippen LogP contribution in [0.5, 0.6) is 0 Å². The summed E-state index contributed by atoms with van der Waals surface area (Å²) in [5.74, 6) is 0. The highest BCUT2D eigenvalue weighted by Crippen LogP contribution is 2.28. The monoisotopic (exact) mass is 375 g/mol. The van der Waals surface area contributed by atoms with Crippen molar-refractivity contribution in [1.29, 1.82) is 5.26 Å². The number of rotatable bonds is 4. The van der Waals surface area contributed by atoms with Gasteiger partial charge in [0.25, 0.3) is 0 Å². The molecule has 0 unspecified atom stereocenters. The average Bonchev–Trinajstić information content (AvgIpc) is 2.95. The van der Waals surface area contributed by atoms with E-state index in [1.165, 1.54) is 11.3 Å². The fourth-order valence-electron chi connectivity index (χ4n) is 3.14. The minimum Gasteiger partial charge on any atom is -0.296 e. The molecule has 1 aliphatic rings. The Bertz CT molecular complexity index is 905. The molecule has 2 heterocycles. The molecule has 0 saturated carbocycles. The third kappa shape index (κ3) is 3.77. The summed E-state index contributed by atoms with van der Waals surface area (Å²) in [6, 6.07) is 11.5. The second kappa shape index (κ2) is 7.26. The van der Waals surface area contributed by atoms with Gasteiger partial charge >= 0.3 is 0 Å². The molecule has 1 saturated heterocycles. The topological polar surface area (TPSA) is 64.4 Å². The highest BCUT2D eigenvalue weighted by Gasteiger charge is 2.30. The van der Waals surface area contributed by atoms with Crippen molar-refractivity contribution < 1.29 is 8.42 Å². The van der Waals surface area contributed by atoms with Crippen LogP contribution in [0.15, 0.2) is 35.2 Å². The molecule has 132 valence electrons. The molecule has 3 rings (SSSR count). The lowest BCUT2D eigenvalue weighted by Crippen LogP contribution is -2.48. The molecule has 0 N–H and O–H groups in total. The number of thiophene rings is 1. The van der Waals surface area contributed by atoms with Crippen LogP contribution in [0.3, 0.4) is 0 Å². The second-order valence-corrected chi connectivity index (χ2v) is 9.59. The third-order valence-electron chi connectivity index (χ3n) is 4.48. The van der Waals surface area contributed by atoms with Gasteiger partial charge in [0.05, 0.1) is 16.5 Å². The Morgan fingerprint density at radius 3 is 2.44 bits per heavy atom. The number of aryl methyl sites for hydroxylation is 2. The first kappa shape index (κ1) is 18.1. The van der Waals surface area contributed by atoms with E-state index in [2.05, 4.69) is 11.0 Å². The first-order valence-electron chi connectivity index (χ1n) is 8.19. The highest BCUT2D eigenvalue weighted by atomic mass is 32.2. The molecule has 2 aromatic rings. The molecule has 0 bridgehead atoms. The standard InChI is InChI=1S/C18H21N3O2S2/c1-14-11-18(15(2)24-14)25(22,23)21-9-7-20(8-10-21)13-17-6-4-3-5-16(17)12-19/h3-6,11H,7-10,13H2,1-2H3. The van der Waals surface area contributed by atoms with Crippen molar-refractivity contribution in [3.05, 3.63) is 51.2 Å². The lowest BCUT2D eigenvalue weighted by Gasteiger charge is -2.34. The zero-order valence-corrected chi connectivity index (χ0v) is 16.0. The van der Waals surface area contributed by atoms with E-state index in [1.54, 1.807) is 10.4 Å². The van der Waals surface area contributed by atoms with Crippen molar-refractivity contribution in [3.63, 3.8) is 0 Å². The lowest BCUT2D eigenvalue weighted by atomic mass is 10.1. The van der Waals surface area contributed by atoms with E-state index < -0.39 is 10.0 Å². The molecular weight excluding hydrogens is 354 g/mol. The van der Waals surface area contributed by atoms with Crippen LogP contribution in [0.25, 0.3) is 0 Å². The Labute approximate surface area is 153 Å². The molecule has 1 fully saturated rings. The van der Waals surface area contributed by atoms with Crippen molar-refractivity contribution >= 4 is 21.4 Å². The summed E-state index contributed by atoms with van der Waals surface area (Å²) >= 11 is 1.52. The summed E-state index contributed by atoms with van der Waals surface area (Å²) < 4.78 is 27.3. The summed E-state index contributed by atoms with van der Waals surface area (Å²) in [5.41, 5.74) is 1.67. The molecule has 7 heteroatoms. The van der Waals surface area contributed by atoms with Gasteiger partial charge in [-0.15, -0.1) is 11.3 Å². The summed E-state index contributed by atoms with van der Waals surface area (Å²) in [6.07, 6.45) is 0. The summed E-state index contributed by atoms with van der Waals surface area (Å²) in [4.78, 5) is 4.51. The van der Waals surface area contributed by atoms with Gasteiger partial charge in [-0.1, -0.05) is 18.2 Å². The third-order valence-corrected chi connectivity index (χ3v) is 7.60. The van der Waals surface area contributed by atoms with Gasteiger partial charge in [0.15, 0.2) is 0 Å². The van der Waals surface area contributed by atoms with E-state index >= 15 is 0 Å². The number of nitrogens with zero attached hydrogens (tertiary/aromatic N) is 3. The summed E-state index contributed by atoms with van der Waals surface area (Å²) in [6.45, 7) is 6.76. The number of nitriles is 1. The maximum absolute atomic E-state index is 12.9. The second-order valence-electron chi connectivity index (χ2n) is 6.23. The first-order chi connectivity index (χ1) is 11.9. The van der Waals surface area contributed by atoms with Crippen LogP contribution in [0.2, 0.25) is 0 Å². The van der Waals surface area contributed by atoms with Gasteiger partial charge in [-0.2, -0.15) is 9.57 Å². The molecule has 0 radical (unpaired) electrons. The van der Waals surface area contributed by atoms with Crippen molar-refractivity contribution in [2.24, 2.45) is 0 Å². The van der Waals surface area contributed by atoms with Crippen LogP contribution in [-0.2, 0) is 16.6 Å². The molecule has 5 nitrogen and oxygen atoms in total. The maximum atomic E-state index is 12.9. The van der Waals surface area contributed by atoms with Gasteiger partial charge in [-0.25, -0.2) is 8.42 Å². The normalized spacial score (nSPS) is 16.7. The fourth-order valence-corrected chi connectivity index (χ4v) is 6.08. The SMILES string of the molecule is Cc1cc(S(=O)(=O)N2CCN(Cc3ccccc3C#N)CC2)c(C)s1. The van der Waals surface area contributed by atoms with Gasteiger partial charge in [-0.05, 0) is 31.5 Å². The van der Waals surface area contributed by atoms with Gasteiger partial charge < -0.3 is 0 Å². The minimum absolute atomic E-state index is 0.443. The predicted molar refractivity (Wildman–Crippen MR) is 99.0 cm³/mol. The van der Waals surface area contributed by atoms with E-state index in [9.17, 15) is 13.7 Å². The van der Waals surface area contributed by atoms with E-state index in [0.29, 0.717) is 43.2 Å². The molecule has 1 aromatic heterocycles. The Morgan fingerprint density at radius 1 is 1.16 bits per heavy atom. The number of benzene rings is 1. The van der Waals surface area contributed by atoms with Gasteiger partial charge in [-0.3, -0.25) is 4.90 Å². The first-order valence-corrected chi connectivity index (χ1v) is 10.4. The Hall–Kier alpha value is -1.72. The van der Waals surface area contributed by atoms with Crippen LogP contribution in [0.4, 0.5) is 0 Å². The van der Waals surface area contributed by atoms with Crippen LogP contribution in [0, 0.1) is 25.2 Å². The summed E-state index contributed by atoms with van der Waals surface area (Å²) in [7, 11) is -3.42. The summed E-state index contributed by atoms with van der Waals surface area (Å²) in [5, 5.41) is 9.20. The zero-order chi connectivity index (χ0) is 18.0. The molecule has 0 spiro atoms. The van der Waals surface area contributed by atoms with Crippen molar-refractivity contribution in [3.8, 4) is 6.07 Å². The van der Waals surface area contributed by atoms with Crippen LogP contribution in [-0.4, -0.2) is 43.8 Å². The fraction of sp³-hybridized carbons (Fsp3) is 0.389. The Balaban J connectivity index is 1.68. The van der Waals surface area contributed by atoms with Gasteiger partial charge in [0.2, 0.25) is 10.0 Å². The maximum Gasteiger partial charge on any atom is 0.244 e. The highest BCUT2D eigenvalue weighted by molar-refractivity contribution is 7.89. The largest absolute Gasteiger partial charge is 0.296 e. The van der Waals surface area contributed by atoms with Crippen LogP contribution >= 0.6 is 11.3 Å². The molecule has 1 aliphatic heterocycles. The number of sulfonamides is 1. The number of hydrogen-bond acceptors (Lipinski definition) is 5.